The molecule has 3 aliphatic heterocycles. The Kier molecular flexibility index (Phi) is 6.22. The number of ether oxygens (including phenoxy) is 2. The standard InChI is InChI=1S/C24H31ClN2O6/c1-5-32-22(31)18-17-21(30)27(16(12-28)13(2)3)19(24(17)11-10-23(18,4)33-24)20(29)26-15-8-6-14(25)7-9-15/h6-9,13,16-19,28H,5,10-12H2,1-4H3,(H,26,29)/t16-,17-,18-,19?,23+,24?/m0/s1. The topological polar surface area (TPSA) is 105 Å². The zero-order valence-electron chi connectivity index (χ0n) is 19.3. The third-order valence-corrected chi connectivity index (χ3v) is 7.68. The van der Waals surface area contributed by atoms with Crippen LogP contribution in [0.1, 0.15) is 40.5 Å². The largest absolute Gasteiger partial charge is 0.466 e. The Hall–Kier alpha value is -2.16. The van der Waals surface area contributed by atoms with Crippen LogP contribution in [0.15, 0.2) is 24.3 Å². The lowest BCUT2D eigenvalue weighted by molar-refractivity contribution is -0.160. The fourth-order valence-corrected chi connectivity index (χ4v) is 6.10. The van der Waals surface area contributed by atoms with E-state index in [1.807, 2.05) is 20.8 Å². The molecule has 1 aromatic carbocycles. The van der Waals surface area contributed by atoms with E-state index in [9.17, 15) is 19.5 Å². The molecular weight excluding hydrogens is 448 g/mol. The summed E-state index contributed by atoms with van der Waals surface area (Å²) in [5.74, 6) is -3.01. The van der Waals surface area contributed by atoms with Crippen LogP contribution in [0, 0.1) is 17.8 Å². The van der Waals surface area contributed by atoms with Gasteiger partial charge in [0.05, 0.1) is 30.8 Å². The number of hydrogen-bond donors (Lipinski definition) is 2. The number of halogens is 1. The van der Waals surface area contributed by atoms with E-state index >= 15 is 0 Å². The van der Waals surface area contributed by atoms with Crippen LogP contribution in [-0.2, 0) is 23.9 Å². The first-order valence-corrected chi connectivity index (χ1v) is 11.8. The zero-order valence-corrected chi connectivity index (χ0v) is 20.1. The number of esters is 1. The normalized spacial score (nSPS) is 33.4. The highest BCUT2D eigenvalue weighted by Gasteiger charge is 2.78. The van der Waals surface area contributed by atoms with Gasteiger partial charge in [-0.3, -0.25) is 14.4 Å². The molecule has 0 aliphatic carbocycles. The number of carbonyl (C=O) groups excluding carboxylic acids is 3. The highest BCUT2D eigenvalue weighted by atomic mass is 35.5. The number of rotatable bonds is 7. The SMILES string of the molecule is CCOC(=O)[C@@H]1[C@H]2C(=O)N([C@@H](CO)C(C)C)C(C(=O)Nc3ccc(Cl)cc3)C23CC[C@@]1(C)O3. The summed E-state index contributed by atoms with van der Waals surface area (Å²) in [4.78, 5) is 42.0. The molecule has 2 N–H and O–H groups in total. The summed E-state index contributed by atoms with van der Waals surface area (Å²) in [7, 11) is 0. The van der Waals surface area contributed by atoms with Gasteiger partial charge in [-0.2, -0.15) is 0 Å². The Morgan fingerprint density at radius 3 is 2.55 bits per heavy atom. The number of fused-ring (bicyclic) bond motifs is 1. The number of aliphatic hydroxyl groups is 1. The molecule has 3 aliphatic rings. The summed E-state index contributed by atoms with van der Waals surface area (Å²) >= 11 is 5.97. The van der Waals surface area contributed by atoms with Crippen LogP contribution in [0.4, 0.5) is 5.69 Å². The second-order valence-corrected chi connectivity index (χ2v) is 10.2. The quantitative estimate of drug-likeness (QED) is 0.584. The second-order valence-electron chi connectivity index (χ2n) is 9.72. The van der Waals surface area contributed by atoms with Crippen molar-refractivity contribution in [1.82, 2.24) is 4.90 Å². The molecule has 2 bridgehead atoms. The van der Waals surface area contributed by atoms with Gasteiger partial charge in [0, 0.05) is 10.7 Å². The second kappa shape index (κ2) is 8.56. The third-order valence-electron chi connectivity index (χ3n) is 7.43. The number of amides is 2. The fourth-order valence-electron chi connectivity index (χ4n) is 5.97. The van der Waals surface area contributed by atoms with Crippen LogP contribution in [0.3, 0.4) is 0 Å². The van der Waals surface area contributed by atoms with E-state index in [-0.39, 0.29) is 25.0 Å². The summed E-state index contributed by atoms with van der Waals surface area (Å²) < 4.78 is 11.8. The molecular formula is C24H31ClN2O6. The lowest BCUT2D eigenvalue weighted by Gasteiger charge is -2.38. The van der Waals surface area contributed by atoms with Crippen molar-refractivity contribution >= 4 is 35.1 Å². The van der Waals surface area contributed by atoms with E-state index in [4.69, 9.17) is 21.1 Å². The summed E-state index contributed by atoms with van der Waals surface area (Å²) in [5.41, 5.74) is -1.52. The minimum atomic E-state index is -1.16. The Bertz CT molecular complexity index is 953. The molecule has 9 heteroatoms. The van der Waals surface area contributed by atoms with E-state index in [0.29, 0.717) is 23.6 Å². The smallest absolute Gasteiger partial charge is 0.312 e. The third kappa shape index (κ3) is 3.63. The summed E-state index contributed by atoms with van der Waals surface area (Å²) in [6.07, 6.45) is 0.992. The Labute approximate surface area is 198 Å². The first-order valence-electron chi connectivity index (χ1n) is 11.5. The molecule has 3 saturated heterocycles. The van der Waals surface area contributed by atoms with Crippen LogP contribution in [-0.4, -0.2) is 64.3 Å². The lowest BCUT2D eigenvalue weighted by atomic mass is 9.66. The van der Waals surface area contributed by atoms with E-state index in [0.717, 1.165) is 0 Å². The summed E-state index contributed by atoms with van der Waals surface area (Å²) in [6.45, 7) is 7.19. The molecule has 180 valence electrons. The predicted octanol–water partition coefficient (Wildman–Crippen LogP) is 2.62. The highest BCUT2D eigenvalue weighted by Crippen LogP contribution is 2.63. The van der Waals surface area contributed by atoms with Crippen LogP contribution in [0.2, 0.25) is 5.02 Å². The molecule has 1 aromatic rings. The van der Waals surface area contributed by atoms with Gasteiger partial charge in [0.25, 0.3) is 0 Å². The summed E-state index contributed by atoms with van der Waals surface area (Å²) in [5, 5.41) is 13.6. The number of anilines is 1. The van der Waals surface area contributed by atoms with Gasteiger partial charge in [0.1, 0.15) is 17.6 Å². The monoisotopic (exact) mass is 478 g/mol. The average molecular weight is 479 g/mol. The van der Waals surface area contributed by atoms with Gasteiger partial charge in [-0.1, -0.05) is 25.4 Å². The van der Waals surface area contributed by atoms with Gasteiger partial charge >= 0.3 is 5.97 Å². The number of carbonyl (C=O) groups is 3. The minimum absolute atomic E-state index is 0.117. The van der Waals surface area contributed by atoms with Crippen LogP contribution >= 0.6 is 11.6 Å². The minimum Gasteiger partial charge on any atom is -0.466 e. The number of nitrogens with one attached hydrogen (secondary N) is 1. The molecule has 6 atom stereocenters. The maximum absolute atomic E-state index is 13.9. The molecule has 0 saturated carbocycles. The van der Waals surface area contributed by atoms with E-state index < -0.39 is 47.0 Å². The molecule has 4 rings (SSSR count). The van der Waals surface area contributed by atoms with Crippen LogP contribution in [0.5, 0.6) is 0 Å². The maximum Gasteiger partial charge on any atom is 0.312 e. The van der Waals surface area contributed by atoms with Crippen LogP contribution < -0.4 is 5.32 Å². The van der Waals surface area contributed by atoms with Crippen molar-refractivity contribution in [2.75, 3.05) is 18.5 Å². The fraction of sp³-hybridized carbons (Fsp3) is 0.625. The number of benzene rings is 1. The molecule has 2 unspecified atom stereocenters. The lowest BCUT2D eigenvalue weighted by Crippen LogP contribution is -2.57. The van der Waals surface area contributed by atoms with Crippen molar-refractivity contribution in [3.05, 3.63) is 29.3 Å². The summed E-state index contributed by atoms with van der Waals surface area (Å²) in [6, 6.07) is 5.09. The molecule has 33 heavy (non-hydrogen) atoms. The number of nitrogens with zero attached hydrogens (tertiary/aromatic N) is 1. The number of likely N-dealkylation sites (tertiary alicyclic amines) is 1. The van der Waals surface area contributed by atoms with Crippen molar-refractivity contribution in [3.63, 3.8) is 0 Å². The van der Waals surface area contributed by atoms with Gasteiger partial charge in [0.2, 0.25) is 11.8 Å². The number of aliphatic hydroxyl groups excluding tert-OH is 1. The Balaban J connectivity index is 1.78. The van der Waals surface area contributed by atoms with Gasteiger partial charge in [-0.05, 0) is 56.9 Å². The van der Waals surface area contributed by atoms with Crippen molar-refractivity contribution in [2.45, 2.75) is 63.8 Å². The van der Waals surface area contributed by atoms with E-state index in [1.54, 1.807) is 31.2 Å². The van der Waals surface area contributed by atoms with Crippen LogP contribution in [0.25, 0.3) is 0 Å². The molecule has 3 heterocycles. The van der Waals surface area contributed by atoms with Crippen molar-refractivity contribution < 1.29 is 29.0 Å². The van der Waals surface area contributed by atoms with E-state index in [1.165, 1.54) is 4.90 Å². The van der Waals surface area contributed by atoms with Crippen molar-refractivity contribution in [2.24, 2.45) is 17.8 Å². The molecule has 0 aromatic heterocycles. The molecule has 3 fully saturated rings. The molecule has 1 spiro atoms. The van der Waals surface area contributed by atoms with Gasteiger partial charge in [0.15, 0.2) is 0 Å². The highest BCUT2D eigenvalue weighted by molar-refractivity contribution is 6.30. The molecule has 8 nitrogen and oxygen atoms in total. The van der Waals surface area contributed by atoms with Gasteiger partial charge in [-0.15, -0.1) is 0 Å². The van der Waals surface area contributed by atoms with Crippen molar-refractivity contribution in [3.8, 4) is 0 Å². The Morgan fingerprint density at radius 1 is 1.30 bits per heavy atom. The predicted molar refractivity (Wildman–Crippen MR) is 121 cm³/mol. The first kappa shape index (κ1) is 24.0. The first-order chi connectivity index (χ1) is 15.6. The van der Waals surface area contributed by atoms with Gasteiger partial charge < -0.3 is 24.8 Å². The van der Waals surface area contributed by atoms with E-state index in [2.05, 4.69) is 5.32 Å². The molecule has 2 amide bonds. The molecule has 0 radical (unpaired) electrons. The Morgan fingerprint density at radius 2 is 1.97 bits per heavy atom. The number of hydrogen-bond acceptors (Lipinski definition) is 6. The maximum atomic E-state index is 13.9. The van der Waals surface area contributed by atoms with Gasteiger partial charge in [-0.25, -0.2) is 0 Å². The van der Waals surface area contributed by atoms with Crippen molar-refractivity contribution in [1.29, 1.82) is 0 Å². The zero-order chi connectivity index (χ0) is 24.1. The average Bonchev–Trinajstić information content (AvgIpc) is 3.31.